The Morgan fingerprint density at radius 1 is 1.09 bits per heavy atom. The van der Waals surface area contributed by atoms with Crippen molar-refractivity contribution in [2.75, 3.05) is 18.8 Å². The number of nitriles is 2. The molecule has 0 aliphatic rings. The minimum Gasteiger partial charge on any atom is -0.340 e. The number of amides is 1. The van der Waals surface area contributed by atoms with Crippen LogP contribution in [0.5, 0.6) is 0 Å². The Hall–Kier alpha value is -2.09. The van der Waals surface area contributed by atoms with E-state index < -0.39 is 21.5 Å². The largest absolute Gasteiger partial charge is 0.340 e. The fourth-order valence-corrected chi connectivity index (χ4v) is 3.38. The van der Waals surface area contributed by atoms with Crippen LogP contribution in [-0.2, 0) is 20.4 Å². The van der Waals surface area contributed by atoms with Crippen LogP contribution >= 0.6 is 11.6 Å². The third kappa shape index (κ3) is 7.14. The van der Waals surface area contributed by atoms with E-state index in [0.717, 1.165) is 0 Å². The molecule has 0 aliphatic carbocycles. The van der Waals surface area contributed by atoms with Crippen molar-refractivity contribution in [3.8, 4) is 12.1 Å². The molecule has 0 radical (unpaired) electrons. The van der Waals surface area contributed by atoms with Crippen LogP contribution in [0.2, 0.25) is 5.02 Å². The molecule has 0 bridgehead atoms. The smallest absolute Gasteiger partial charge is 0.237 e. The summed E-state index contributed by atoms with van der Waals surface area (Å²) in [4.78, 5) is 13.4. The lowest BCUT2D eigenvalue weighted by Gasteiger charge is -2.20. The predicted molar refractivity (Wildman–Crippen MR) is 86.0 cm³/mol. The average molecular weight is 354 g/mol. The summed E-state index contributed by atoms with van der Waals surface area (Å²) in [5.41, 5.74) is 0.544. The van der Waals surface area contributed by atoms with Crippen LogP contribution < -0.4 is 0 Å². The number of benzene rings is 1. The summed E-state index contributed by atoms with van der Waals surface area (Å²) in [6.07, 6.45) is 0.183. The number of sulfone groups is 1. The highest BCUT2D eigenvalue weighted by atomic mass is 35.5. The molecule has 1 rings (SSSR count). The zero-order chi connectivity index (χ0) is 17.3. The van der Waals surface area contributed by atoms with Crippen LogP contribution in [0.25, 0.3) is 0 Å². The summed E-state index contributed by atoms with van der Waals surface area (Å²) in [5, 5.41) is 17.7. The van der Waals surface area contributed by atoms with Gasteiger partial charge in [0.05, 0.1) is 30.7 Å². The molecule has 1 aromatic rings. The standard InChI is InChI=1S/C15H16ClN3O3S/c16-14-5-3-13(4-6-14)11-23(21,22)12-15(20)19(9-1-7-17)10-2-8-18/h3-6H,1-2,9-12H2. The number of carbonyl (C=O) groups is 1. The molecule has 8 heteroatoms. The molecule has 0 saturated carbocycles. The molecule has 0 atom stereocenters. The van der Waals surface area contributed by atoms with Gasteiger partial charge in [0, 0.05) is 18.1 Å². The number of hydrogen-bond acceptors (Lipinski definition) is 5. The summed E-state index contributed by atoms with van der Waals surface area (Å²) < 4.78 is 24.3. The van der Waals surface area contributed by atoms with Gasteiger partial charge in [0.2, 0.25) is 5.91 Å². The topological polar surface area (TPSA) is 102 Å². The molecule has 0 unspecified atom stereocenters. The lowest BCUT2D eigenvalue weighted by molar-refractivity contribution is -0.128. The zero-order valence-corrected chi connectivity index (χ0v) is 14.0. The molecule has 0 fully saturated rings. The zero-order valence-electron chi connectivity index (χ0n) is 12.4. The molecule has 122 valence electrons. The Bertz CT molecular complexity index is 700. The molecule has 0 aliphatic heterocycles. The van der Waals surface area contributed by atoms with Crippen molar-refractivity contribution in [2.24, 2.45) is 0 Å². The SMILES string of the molecule is N#CCCN(CCC#N)C(=O)CS(=O)(=O)Cc1ccc(Cl)cc1. The van der Waals surface area contributed by atoms with Crippen molar-refractivity contribution in [1.29, 1.82) is 10.5 Å². The number of carbonyl (C=O) groups excluding carboxylic acids is 1. The lowest BCUT2D eigenvalue weighted by Crippen LogP contribution is -2.37. The minimum absolute atomic E-state index is 0.0917. The van der Waals surface area contributed by atoms with Crippen molar-refractivity contribution in [3.05, 3.63) is 34.9 Å². The van der Waals surface area contributed by atoms with Gasteiger partial charge >= 0.3 is 0 Å². The second-order valence-electron chi connectivity index (χ2n) is 4.86. The van der Waals surface area contributed by atoms with Crippen LogP contribution in [0, 0.1) is 22.7 Å². The van der Waals surface area contributed by atoms with Gasteiger partial charge in [-0.05, 0) is 17.7 Å². The number of hydrogen-bond donors (Lipinski definition) is 0. The quantitative estimate of drug-likeness (QED) is 0.710. The molecule has 0 aromatic heterocycles. The molecule has 6 nitrogen and oxygen atoms in total. The van der Waals surface area contributed by atoms with E-state index in [-0.39, 0.29) is 31.7 Å². The van der Waals surface area contributed by atoms with Crippen LogP contribution in [-0.4, -0.2) is 38.1 Å². The molecule has 0 N–H and O–H groups in total. The molecule has 23 heavy (non-hydrogen) atoms. The Balaban J connectivity index is 2.72. The number of halogens is 1. The fourth-order valence-electron chi connectivity index (χ4n) is 1.90. The second-order valence-corrected chi connectivity index (χ2v) is 7.36. The van der Waals surface area contributed by atoms with Gasteiger partial charge in [0.1, 0.15) is 5.75 Å². The summed E-state index contributed by atoms with van der Waals surface area (Å²) >= 11 is 5.74. The Kier molecular flexibility index (Phi) is 7.53. The first-order valence-electron chi connectivity index (χ1n) is 6.84. The molecular weight excluding hydrogens is 338 g/mol. The van der Waals surface area contributed by atoms with Crippen molar-refractivity contribution in [3.63, 3.8) is 0 Å². The highest BCUT2D eigenvalue weighted by molar-refractivity contribution is 7.91. The first-order valence-corrected chi connectivity index (χ1v) is 9.04. The van der Waals surface area contributed by atoms with Crippen molar-refractivity contribution in [1.82, 2.24) is 4.90 Å². The van der Waals surface area contributed by atoms with Crippen LogP contribution in [0.1, 0.15) is 18.4 Å². The summed E-state index contributed by atoms with van der Waals surface area (Å²) in [6, 6.07) is 10.1. The molecule has 0 heterocycles. The monoisotopic (exact) mass is 353 g/mol. The highest BCUT2D eigenvalue weighted by Crippen LogP contribution is 2.13. The molecule has 1 aromatic carbocycles. The van der Waals surface area contributed by atoms with E-state index in [1.165, 1.54) is 4.90 Å². The Labute approximate surface area is 140 Å². The Morgan fingerprint density at radius 3 is 2.09 bits per heavy atom. The van der Waals surface area contributed by atoms with Gasteiger partial charge in [0.25, 0.3) is 0 Å². The Morgan fingerprint density at radius 2 is 1.61 bits per heavy atom. The lowest BCUT2D eigenvalue weighted by atomic mass is 10.2. The molecule has 0 spiro atoms. The predicted octanol–water partition coefficient (Wildman–Crippen LogP) is 1.91. The summed E-state index contributed by atoms with van der Waals surface area (Å²) in [5.74, 6) is -1.50. The number of nitrogens with zero attached hydrogens (tertiary/aromatic N) is 3. The highest BCUT2D eigenvalue weighted by Gasteiger charge is 2.22. The van der Waals surface area contributed by atoms with Gasteiger partial charge in [0.15, 0.2) is 9.84 Å². The molecule has 0 saturated heterocycles. The molecule has 1 amide bonds. The van der Waals surface area contributed by atoms with Gasteiger partial charge < -0.3 is 4.90 Å². The maximum atomic E-state index is 12.1. The van der Waals surface area contributed by atoms with Crippen molar-refractivity contribution < 1.29 is 13.2 Å². The number of rotatable bonds is 8. The van der Waals surface area contributed by atoms with E-state index in [1.807, 2.05) is 12.1 Å². The van der Waals surface area contributed by atoms with E-state index in [9.17, 15) is 13.2 Å². The third-order valence-corrected chi connectivity index (χ3v) is 4.69. The maximum absolute atomic E-state index is 12.1. The second kappa shape index (κ2) is 9.14. The minimum atomic E-state index is -3.64. The van der Waals surface area contributed by atoms with Gasteiger partial charge in [-0.2, -0.15) is 10.5 Å². The van der Waals surface area contributed by atoms with E-state index in [4.69, 9.17) is 22.1 Å². The van der Waals surface area contributed by atoms with E-state index in [2.05, 4.69) is 0 Å². The van der Waals surface area contributed by atoms with Crippen molar-refractivity contribution >= 4 is 27.3 Å². The van der Waals surface area contributed by atoms with E-state index >= 15 is 0 Å². The van der Waals surface area contributed by atoms with Crippen LogP contribution in [0.3, 0.4) is 0 Å². The first-order chi connectivity index (χ1) is 10.9. The maximum Gasteiger partial charge on any atom is 0.237 e. The van der Waals surface area contributed by atoms with E-state index in [0.29, 0.717) is 10.6 Å². The van der Waals surface area contributed by atoms with Crippen LogP contribution in [0.15, 0.2) is 24.3 Å². The van der Waals surface area contributed by atoms with Gasteiger partial charge in [-0.15, -0.1) is 0 Å². The average Bonchev–Trinajstić information content (AvgIpc) is 2.49. The van der Waals surface area contributed by atoms with E-state index in [1.54, 1.807) is 24.3 Å². The van der Waals surface area contributed by atoms with Gasteiger partial charge in [-0.25, -0.2) is 8.42 Å². The summed E-state index contributed by atoms with van der Waals surface area (Å²) in [7, 11) is -3.64. The van der Waals surface area contributed by atoms with Gasteiger partial charge in [-0.3, -0.25) is 4.79 Å². The van der Waals surface area contributed by atoms with Crippen molar-refractivity contribution in [2.45, 2.75) is 18.6 Å². The fraction of sp³-hybridized carbons (Fsp3) is 0.400. The third-order valence-electron chi connectivity index (χ3n) is 2.98. The first kappa shape index (κ1) is 19.0. The normalized spacial score (nSPS) is 10.6. The van der Waals surface area contributed by atoms with Crippen LogP contribution in [0.4, 0.5) is 0 Å². The summed E-state index contributed by atoms with van der Waals surface area (Å²) in [6.45, 7) is 0.237. The molecular formula is C15H16ClN3O3S. The van der Waals surface area contributed by atoms with Gasteiger partial charge in [-0.1, -0.05) is 23.7 Å².